The van der Waals surface area contributed by atoms with Gasteiger partial charge in [-0.15, -0.1) is 0 Å². The van der Waals surface area contributed by atoms with Crippen LogP contribution in [0.5, 0.6) is 0 Å². The van der Waals surface area contributed by atoms with Crippen molar-refractivity contribution in [3.05, 3.63) is 34.6 Å². The summed E-state index contributed by atoms with van der Waals surface area (Å²) in [6.07, 6.45) is 0. The molecule has 0 aromatic heterocycles. The molecule has 1 N–H and O–H groups in total. The van der Waals surface area contributed by atoms with E-state index in [0.29, 0.717) is 23.8 Å². The summed E-state index contributed by atoms with van der Waals surface area (Å²) in [5.41, 5.74) is 0.508. The highest BCUT2D eigenvalue weighted by Crippen LogP contribution is 2.26. The predicted molar refractivity (Wildman–Crippen MR) is 53.0 cm³/mol. The Morgan fingerprint density at radius 1 is 1.50 bits per heavy atom. The smallest absolute Gasteiger partial charge is 0.129 e. The molecule has 0 unspecified atom stereocenters. The Kier molecular flexibility index (Phi) is 3.01. The molecule has 76 valence electrons. The number of rotatable bonds is 1. The van der Waals surface area contributed by atoms with Crippen molar-refractivity contribution in [2.24, 2.45) is 0 Å². The summed E-state index contributed by atoms with van der Waals surface area (Å²) in [5.74, 6) is -0.277. The number of nitrogens with one attached hydrogen (secondary N) is 1. The second-order valence-electron chi connectivity index (χ2n) is 3.22. The van der Waals surface area contributed by atoms with Gasteiger partial charge >= 0.3 is 0 Å². The lowest BCUT2D eigenvalue weighted by Crippen LogP contribution is -2.35. The molecule has 14 heavy (non-hydrogen) atoms. The van der Waals surface area contributed by atoms with E-state index in [-0.39, 0.29) is 11.9 Å². The van der Waals surface area contributed by atoms with Gasteiger partial charge in [-0.1, -0.05) is 17.7 Å². The first-order chi connectivity index (χ1) is 6.79. The highest BCUT2D eigenvalue weighted by Gasteiger charge is 2.20. The first-order valence-corrected chi connectivity index (χ1v) is 4.92. The monoisotopic (exact) mass is 215 g/mol. The van der Waals surface area contributed by atoms with Gasteiger partial charge < -0.3 is 10.1 Å². The number of benzene rings is 1. The molecule has 4 heteroatoms. The van der Waals surface area contributed by atoms with Gasteiger partial charge in [0.15, 0.2) is 0 Å². The summed E-state index contributed by atoms with van der Waals surface area (Å²) >= 11 is 5.93. The van der Waals surface area contributed by atoms with E-state index >= 15 is 0 Å². The van der Waals surface area contributed by atoms with E-state index in [0.717, 1.165) is 6.54 Å². The Hall–Kier alpha value is -0.640. The summed E-state index contributed by atoms with van der Waals surface area (Å²) in [6, 6.07) is 4.58. The average Bonchev–Trinajstić information content (AvgIpc) is 2.19. The molecule has 1 atom stereocenters. The Labute approximate surface area is 87.0 Å². The quantitative estimate of drug-likeness (QED) is 0.775. The van der Waals surface area contributed by atoms with Crippen molar-refractivity contribution < 1.29 is 9.13 Å². The third-order valence-electron chi connectivity index (χ3n) is 2.27. The Bertz CT molecular complexity index is 306. The molecule has 1 fully saturated rings. The Morgan fingerprint density at radius 2 is 2.36 bits per heavy atom. The minimum absolute atomic E-state index is 0.127. The fraction of sp³-hybridized carbons (Fsp3) is 0.400. The van der Waals surface area contributed by atoms with Crippen LogP contribution < -0.4 is 5.32 Å². The highest BCUT2D eigenvalue weighted by molar-refractivity contribution is 6.31. The van der Waals surface area contributed by atoms with Gasteiger partial charge in [-0.25, -0.2) is 4.39 Å². The van der Waals surface area contributed by atoms with E-state index < -0.39 is 0 Å². The molecule has 1 aromatic rings. The summed E-state index contributed by atoms with van der Waals surface area (Å²) in [6.45, 7) is 1.87. The highest BCUT2D eigenvalue weighted by atomic mass is 35.5. The van der Waals surface area contributed by atoms with Crippen LogP contribution in [-0.4, -0.2) is 19.8 Å². The SMILES string of the molecule is Fc1cccc(Cl)c1[C@@H]1COCCN1. The zero-order valence-electron chi connectivity index (χ0n) is 7.59. The van der Waals surface area contributed by atoms with E-state index in [1.54, 1.807) is 12.1 Å². The van der Waals surface area contributed by atoms with Gasteiger partial charge in [0.25, 0.3) is 0 Å². The Morgan fingerprint density at radius 3 is 3.00 bits per heavy atom. The first-order valence-electron chi connectivity index (χ1n) is 4.54. The van der Waals surface area contributed by atoms with Crippen LogP contribution in [0.25, 0.3) is 0 Å². The van der Waals surface area contributed by atoms with Crippen LogP contribution in [0.1, 0.15) is 11.6 Å². The second-order valence-corrected chi connectivity index (χ2v) is 3.62. The molecule has 2 nitrogen and oxygen atoms in total. The maximum Gasteiger partial charge on any atom is 0.129 e. The fourth-order valence-electron chi connectivity index (χ4n) is 1.59. The second kappa shape index (κ2) is 4.26. The van der Waals surface area contributed by atoms with Crippen LogP contribution in [0, 0.1) is 5.82 Å². The molecule has 1 heterocycles. The minimum Gasteiger partial charge on any atom is -0.378 e. The van der Waals surface area contributed by atoms with Crippen molar-refractivity contribution in [2.75, 3.05) is 19.8 Å². The number of hydrogen-bond donors (Lipinski definition) is 1. The van der Waals surface area contributed by atoms with Crippen LogP contribution in [0.15, 0.2) is 18.2 Å². The summed E-state index contributed by atoms with van der Waals surface area (Å²) < 4.78 is 18.7. The normalized spacial score (nSPS) is 22.3. The van der Waals surface area contributed by atoms with Crippen molar-refractivity contribution in [3.63, 3.8) is 0 Å². The number of ether oxygens (including phenoxy) is 1. The first kappa shape index (κ1) is 9.90. The maximum atomic E-state index is 13.5. The molecule has 0 spiro atoms. The van der Waals surface area contributed by atoms with E-state index in [4.69, 9.17) is 16.3 Å². The molecular weight excluding hydrogens is 205 g/mol. The molecule has 1 aliphatic rings. The van der Waals surface area contributed by atoms with E-state index in [1.807, 2.05) is 0 Å². The molecule has 1 aliphatic heterocycles. The lowest BCUT2D eigenvalue weighted by Gasteiger charge is -2.25. The summed E-state index contributed by atoms with van der Waals surface area (Å²) in [4.78, 5) is 0. The van der Waals surface area contributed by atoms with Gasteiger partial charge in [0.2, 0.25) is 0 Å². The topological polar surface area (TPSA) is 21.3 Å². The predicted octanol–water partition coefficient (Wildman–Crippen LogP) is 2.14. The molecule has 0 saturated carbocycles. The molecule has 0 aliphatic carbocycles. The summed E-state index contributed by atoms with van der Waals surface area (Å²) in [5, 5.41) is 3.62. The van der Waals surface area contributed by atoms with Crippen molar-refractivity contribution in [3.8, 4) is 0 Å². The minimum atomic E-state index is -0.277. The average molecular weight is 216 g/mol. The van der Waals surface area contributed by atoms with E-state index in [1.165, 1.54) is 6.07 Å². The number of hydrogen-bond acceptors (Lipinski definition) is 2. The van der Waals surface area contributed by atoms with Gasteiger partial charge in [0.05, 0.1) is 19.3 Å². The molecular formula is C10H11ClFNO. The van der Waals surface area contributed by atoms with Crippen LogP contribution in [0.2, 0.25) is 5.02 Å². The molecule has 1 aromatic carbocycles. The third-order valence-corrected chi connectivity index (χ3v) is 2.60. The number of halogens is 2. The number of morpholine rings is 1. The van der Waals surface area contributed by atoms with Crippen LogP contribution in [0.3, 0.4) is 0 Å². The van der Waals surface area contributed by atoms with Crippen molar-refractivity contribution in [1.82, 2.24) is 5.32 Å². The van der Waals surface area contributed by atoms with Crippen LogP contribution >= 0.6 is 11.6 Å². The van der Waals surface area contributed by atoms with Gasteiger partial charge in [0.1, 0.15) is 5.82 Å². The largest absolute Gasteiger partial charge is 0.378 e. The molecule has 0 amide bonds. The summed E-state index contributed by atoms with van der Waals surface area (Å²) in [7, 11) is 0. The molecule has 2 rings (SSSR count). The van der Waals surface area contributed by atoms with Crippen molar-refractivity contribution >= 4 is 11.6 Å². The van der Waals surface area contributed by atoms with Crippen LogP contribution in [-0.2, 0) is 4.74 Å². The van der Waals surface area contributed by atoms with Crippen molar-refractivity contribution in [2.45, 2.75) is 6.04 Å². The van der Waals surface area contributed by atoms with E-state index in [2.05, 4.69) is 5.32 Å². The van der Waals surface area contributed by atoms with Gasteiger partial charge in [-0.2, -0.15) is 0 Å². The lowest BCUT2D eigenvalue weighted by molar-refractivity contribution is 0.0758. The molecule has 0 radical (unpaired) electrons. The Balaban J connectivity index is 2.29. The molecule has 0 bridgehead atoms. The molecule has 1 saturated heterocycles. The van der Waals surface area contributed by atoms with Gasteiger partial charge in [0, 0.05) is 17.1 Å². The third kappa shape index (κ3) is 1.90. The van der Waals surface area contributed by atoms with Crippen LogP contribution in [0.4, 0.5) is 4.39 Å². The standard InChI is InChI=1S/C10H11ClFNO/c11-7-2-1-3-8(12)10(7)9-6-14-5-4-13-9/h1-3,9,13H,4-6H2/t9-/m0/s1. The maximum absolute atomic E-state index is 13.5. The van der Waals surface area contributed by atoms with E-state index in [9.17, 15) is 4.39 Å². The lowest BCUT2D eigenvalue weighted by atomic mass is 10.1. The van der Waals surface area contributed by atoms with Crippen molar-refractivity contribution in [1.29, 1.82) is 0 Å². The zero-order valence-corrected chi connectivity index (χ0v) is 8.35. The van der Waals surface area contributed by atoms with Gasteiger partial charge in [-0.3, -0.25) is 0 Å². The zero-order chi connectivity index (χ0) is 9.97. The fourth-order valence-corrected chi connectivity index (χ4v) is 1.89. The van der Waals surface area contributed by atoms with Gasteiger partial charge in [-0.05, 0) is 12.1 Å².